The van der Waals surface area contributed by atoms with Gasteiger partial charge in [-0.15, -0.1) is 11.3 Å². The minimum absolute atomic E-state index is 0.165. The van der Waals surface area contributed by atoms with E-state index < -0.39 is 0 Å². The van der Waals surface area contributed by atoms with E-state index in [4.69, 9.17) is 23.2 Å². The number of benzene rings is 1. The van der Waals surface area contributed by atoms with Crippen LogP contribution in [0.3, 0.4) is 0 Å². The van der Waals surface area contributed by atoms with Crippen LogP contribution in [0.1, 0.15) is 23.4 Å². The zero-order chi connectivity index (χ0) is 13.1. The van der Waals surface area contributed by atoms with Crippen molar-refractivity contribution in [3.8, 4) is 5.75 Å². The highest BCUT2D eigenvalue weighted by atomic mass is 35.5. The van der Waals surface area contributed by atoms with Crippen molar-refractivity contribution < 1.29 is 5.11 Å². The molecule has 96 valence electrons. The van der Waals surface area contributed by atoms with E-state index in [-0.39, 0.29) is 11.8 Å². The summed E-state index contributed by atoms with van der Waals surface area (Å²) in [4.78, 5) is 1.16. The largest absolute Gasteiger partial charge is 0.508 e. The summed E-state index contributed by atoms with van der Waals surface area (Å²) < 4.78 is 0.777. The zero-order valence-corrected chi connectivity index (χ0v) is 12.1. The standard InChI is InChI=1S/C13H13Cl2NOS/c1-8(12-5-6-13(15)18-12)16-7-9-10(14)3-2-4-11(9)17/h2-6,8,16-17H,7H2,1H3. The Morgan fingerprint density at radius 3 is 2.67 bits per heavy atom. The summed E-state index contributed by atoms with van der Waals surface area (Å²) in [5.74, 6) is 0.214. The van der Waals surface area contributed by atoms with Gasteiger partial charge in [-0.25, -0.2) is 0 Å². The average Bonchev–Trinajstić information content (AvgIpc) is 2.75. The van der Waals surface area contributed by atoms with Crippen LogP contribution in [0.4, 0.5) is 0 Å². The fraction of sp³-hybridized carbons (Fsp3) is 0.231. The number of phenols is 1. The second-order valence-electron chi connectivity index (χ2n) is 3.98. The molecule has 2 N–H and O–H groups in total. The summed E-state index contributed by atoms with van der Waals surface area (Å²) in [7, 11) is 0. The van der Waals surface area contributed by atoms with Crippen LogP contribution in [0.15, 0.2) is 30.3 Å². The third kappa shape index (κ3) is 3.18. The molecule has 0 bridgehead atoms. The molecule has 0 aliphatic rings. The molecule has 1 aromatic heterocycles. The second kappa shape index (κ2) is 5.93. The van der Waals surface area contributed by atoms with Crippen LogP contribution >= 0.6 is 34.5 Å². The van der Waals surface area contributed by atoms with Crippen LogP contribution in [-0.4, -0.2) is 5.11 Å². The maximum Gasteiger partial charge on any atom is 0.121 e. The number of rotatable bonds is 4. The van der Waals surface area contributed by atoms with E-state index in [1.807, 2.05) is 12.1 Å². The van der Waals surface area contributed by atoms with Gasteiger partial charge in [-0.05, 0) is 31.2 Å². The molecule has 1 heterocycles. The van der Waals surface area contributed by atoms with Gasteiger partial charge in [-0.1, -0.05) is 29.3 Å². The Kier molecular flexibility index (Phi) is 4.51. The van der Waals surface area contributed by atoms with Crippen molar-refractivity contribution in [2.75, 3.05) is 0 Å². The summed E-state index contributed by atoms with van der Waals surface area (Å²) in [6.07, 6.45) is 0. The minimum Gasteiger partial charge on any atom is -0.508 e. The van der Waals surface area contributed by atoms with Gasteiger partial charge in [0.05, 0.1) is 4.34 Å². The molecule has 0 fully saturated rings. The smallest absolute Gasteiger partial charge is 0.121 e. The van der Waals surface area contributed by atoms with Gasteiger partial charge in [-0.3, -0.25) is 0 Å². The van der Waals surface area contributed by atoms with Crippen molar-refractivity contribution in [1.29, 1.82) is 0 Å². The molecule has 18 heavy (non-hydrogen) atoms. The predicted octanol–water partition coefficient (Wildman–Crippen LogP) is 4.61. The van der Waals surface area contributed by atoms with E-state index in [2.05, 4.69) is 12.2 Å². The monoisotopic (exact) mass is 301 g/mol. The Morgan fingerprint density at radius 1 is 1.28 bits per heavy atom. The highest BCUT2D eigenvalue weighted by Gasteiger charge is 2.10. The van der Waals surface area contributed by atoms with E-state index in [1.54, 1.807) is 29.5 Å². The molecule has 1 atom stereocenters. The van der Waals surface area contributed by atoms with Crippen LogP contribution in [0.25, 0.3) is 0 Å². The average molecular weight is 302 g/mol. The third-order valence-corrected chi connectivity index (χ3v) is 4.47. The van der Waals surface area contributed by atoms with Crippen LogP contribution in [0, 0.1) is 0 Å². The van der Waals surface area contributed by atoms with Crippen LogP contribution < -0.4 is 5.32 Å². The fourth-order valence-corrected chi connectivity index (χ4v) is 2.96. The number of thiophene rings is 1. The van der Waals surface area contributed by atoms with E-state index in [9.17, 15) is 5.11 Å². The Bertz CT molecular complexity index is 521. The summed E-state index contributed by atoms with van der Waals surface area (Å²) in [6, 6.07) is 9.17. The Labute approximate surface area is 120 Å². The number of hydrogen-bond donors (Lipinski definition) is 2. The van der Waals surface area contributed by atoms with Gasteiger partial charge in [0, 0.05) is 28.0 Å². The molecule has 2 nitrogen and oxygen atoms in total. The fourth-order valence-electron chi connectivity index (χ4n) is 1.64. The molecule has 0 radical (unpaired) electrons. The van der Waals surface area contributed by atoms with Gasteiger partial charge >= 0.3 is 0 Å². The van der Waals surface area contributed by atoms with Crippen molar-refractivity contribution >= 4 is 34.5 Å². The number of aromatic hydroxyl groups is 1. The molecular weight excluding hydrogens is 289 g/mol. The summed E-state index contributed by atoms with van der Waals surface area (Å²) in [5, 5.41) is 13.6. The van der Waals surface area contributed by atoms with Gasteiger partial charge in [0.25, 0.3) is 0 Å². The molecule has 0 aliphatic heterocycles. The lowest BCUT2D eigenvalue weighted by molar-refractivity contribution is 0.461. The highest BCUT2D eigenvalue weighted by Crippen LogP contribution is 2.29. The molecule has 5 heteroatoms. The quantitative estimate of drug-likeness (QED) is 0.864. The lowest BCUT2D eigenvalue weighted by Gasteiger charge is -2.13. The SMILES string of the molecule is CC(NCc1c(O)cccc1Cl)c1ccc(Cl)s1. The van der Waals surface area contributed by atoms with E-state index in [1.165, 1.54) is 0 Å². The zero-order valence-electron chi connectivity index (χ0n) is 9.78. The number of phenolic OH excluding ortho intramolecular Hbond substituents is 1. The molecule has 0 aliphatic carbocycles. The van der Waals surface area contributed by atoms with Crippen molar-refractivity contribution in [1.82, 2.24) is 5.32 Å². The summed E-state index contributed by atoms with van der Waals surface area (Å²) >= 11 is 13.5. The number of halogens is 2. The minimum atomic E-state index is 0.165. The third-order valence-electron chi connectivity index (χ3n) is 2.70. The summed E-state index contributed by atoms with van der Waals surface area (Å²) in [5.41, 5.74) is 0.716. The molecule has 0 amide bonds. The molecule has 2 rings (SSSR count). The van der Waals surface area contributed by atoms with Crippen molar-refractivity contribution in [2.24, 2.45) is 0 Å². The number of nitrogens with one attached hydrogen (secondary N) is 1. The Morgan fingerprint density at radius 2 is 2.06 bits per heavy atom. The first-order valence-electron chi connectivity index (χ1n) is 5.53. The first-order valence-corrected chi connectivity index (χ1v) is 7.10. The van der Waals surface area contributed by atoms with Gasteiger partial charge < -0.3 is 10.4 Å². The molecule has 0 saturated heterocycles. The van der Waals surface area contributed by atoms with Gasteiger partial charge in [0.1, 0.15) is 5.75 Å². The second-order valence-corrected chi connectivity index (χ2v) is 6.14. The van der Waals surface area contributed by atoms with Crippen LogP contribution in [0.2, 0.25) is 9.36 Å². The van der Waals surface area contributed by atoms with Crippen molar-refractivity contribution in [3.05, 3.63) is 50.1 Å². The highest BCUT2D eigenvalue weighted by molar-refractivity contribution is 7.16. The maximum absolute atomic E-state index is 9.74. The first-order chi connectivity index (χ1) is 8.58. The van der Waals surface area contributed by atoms with E-state index >= 15 is 0 Å². The van der Waals surface area contributed by atoms with Gasteiger partial charge in [-0.2, -0.15) is 0 Å². The first kappa shape index (κ1) is 13.7. The molecular formula is C13H13Cl2NOS. The van der Waals surface area contributed by atoms with Crippen molar-refractivity contribution in [3.63, 3.8) is 0 Å². The maximum atomic E-state index is 9.74. The molecule has 0 spiro atoms. The van der Waals surface area contributed by atoms with Crippen LogP contribution in [0.5, 0.6) is 5.75 Å². The molecule has 2 aromatic rings. The summed E-state index contributed by atoms with van der Waals surface area (Å²) in [6.45, 7) is 2.57. The van der Waals surface area contributed by atoms with E-state index in [0.29, 0.717) is 17.1 Å². The molecule has 0 saturated carbocycles. The van der Waals surface area contributed by atoms with E-state index in [0.717, 1.165) is 9.21 Å². The Hall–Kier alpha value is -0.740. The topological polar surface area (TPSA) is 32.3 Å². The Balaban J connectivity index is 2.03. The lowest BCUT2D eigenvalue weighted by Crippen LogP contribution is -2.17. The lowest BCUT2D eigenvalue weighted by atomic mass is 10.2. The van der Waals surface area contributed by atoms with Gasteiger partial charge in [0.2, 0.25) is 0 Å². The molecule has 1 aromatic carbocycles. The normalized spacial score (nSPS) is 12.6. The van der Waals surface area contributed by atoms with Crippen LogP contribution in [-0.2, 0) is 6.54 Å². The van der Waals surface area contributed by atoms with Gasteiger partial charge in [0.15, 0.2) is 0 Å². The van der Waals surface area contributed by atoms with Crippen molar-refractivity contribution in [2.45, 2.75) is 19.5 Å². The molecule has 1 unspecified atom stereocenters. The predicted molar refractivity (Wildman–Crippen MR) is 77.7 cm³/mol. The number of hydrogen-bond acceptors (Lipinski definition) is 3.